The molecule has 0 aliphatic carbocycles. The lowest BCUT2D eigenvalue weighted by Gasteiger charge is -2.49. The Kier molecular flexibility index (Phi) is 12.2. The van der Waals surface area contributed by atoms with Gasteiger partial charge in [-0.15, -0.1) is 0 Å². The summed E-state index contributed by atoms with van der Waals surface area (Å²) in [4.78, 5) is 48.3. The number of benzene rings is 2. The third-order valence-electron chi connectivity index (χ3n) is 7.15. The van der Waals surface area contributed by atoms with Crippen LogP contribution in [0.15, 0.2) is 60.7 Å². The van der Waals surface area contributed by atoms with Crippen molar-refractivity contribution in [2.24, 2.45) is 0 Å². The zero-order valence-corrected chi connectivity index (χ0v) is 24.5. The number of carbonyl (C=O) groups is 4. The molecule has 0 saturated carbocycles. The predicted molar refractivity (Wildman–Crippen MR) is 153 cm³/mol. The zero-order valence-electron chi connectivity index (χ0n) is 24.5. The molecule has 0 radical (unpaired) electrons. The van der Waals surface area contributed by atoms with Crippen molar-refractivity contribution in [2.75, 3.05) is 13.2 Å². The second-order valence-corrected chi connectivity index (χ2v) is 10.3. The van der Waals surface area contributed by atoms with Gasteiger partial charge in [-0.1, -0.05) is 60.7 Å². The number of nitrogens with one attached hydrogen (secondary N) is 2. The molecule has 2 aliphatic heterocycles. The summed E-state index contributed by atoms with van der Waals surface area (Å²) in [6.45, 7) is 3.44. The van der Waals surface area contributed by atoms with Gasteiger partial charge in [-0.2, -0.15) is 0 Å². The smallest absolute Gasteiger partial charge is 0.407 e. The first-order valence-electron chi connectivity index (χ1n) is 14.5. The van der Waals surface area contributed by atoms with Gasteiger partial charge in [0.25, 0.3) is 0 Å². The summed E-state index contributed by atoms with van der Waals surface area (Å²) in [5, 5.41) is 14.7. The highest BCUT2D eigenvalue weighted by Crippen LogP contribution is 2.36. The topological polar surface area (TPSA) is 168 Å². The summed E-state index contributed by atoms with van der Waals surface area (Å²) >= 11 is 0. The largest absolute Gasteiger partial charge is 0.480 e. The number of carboxylic acids is 1. The van der Waals surface area contributed by atoms with Crippen LogP contribution in [0.25, 0.3) is 0 Å². The van der Waals surface area contributed by atoms with E-state index in [-0.39, 0.29) is 32.7 Å². The highest BCUT2D eigenvalue weighted by atomic mass is 16.8. The van der Waals surface area contributed by atoms with E-state index in [1.165, 1.54) is 6.92 Å². The average molecular weight is 615 g/mol. The van der Waals surface area contributed by atoms with E-state index in [2.05, 4.69) is 10.6 Å². The van der Waals surface area contributed by atoms with E-state index in [0.717, 1.165) is 11.1 Å². The molecule has 2 fully saturated rings. The van der Waals surface area contributed by atoms with Gasteiger partial charge in [-0.25, -0.2) is 9.59 Å². The maximum atomic E-state index is 13.1. The van der Waals surface area contributed by atoms with Crippen molar-refractivity contribution in [3.63, 3.8) is 0 Å². The van der Waals surface area contributed by atoms with E-state index in [1.54, 1.807) is 6.92 Å². The number of hydrogen-bond acceptors (Lipinski definition) is 10. The van der Waals surface area contributed by atoms with Crippen LogP contribution in [0.3, 0.4) is 0 Å². The number of fused-ring (bicyclic) bond motifs is 1. The van der Waals surface area contributed by atoms with Crippen LogP contribution < -0.4 is 10.6 Å². The average Bonchev–Trinajstić information content (AvgIpc) is 3.03. The van der Waals surface area contributed by atoms with E-state index < -0.39 is 67.0 Å². The Morgan fingerprint density at radius 1 is 1.07 bits per heavy atom. The van der Waals surface area contributed by atoms with Gasteiger partial charge in [-0.05, 0) is 25.8 Å². The molecular weight excluding hydrogens is 576 g/mol. The summed E-state index contributed by atoms with van der Waals surface area (Å²) in [5.74, 6) is -2.01. The quantitative estimate of drug-likeness (QED) is 0.267. The molecule has 3 N–H and O–H groups in total. The lowest BCUT2D eigenvalue weighted by Crippen LogP contribution is -2.68. The zero-order chi connectivity index (χ0) is 31.5. The molecule has 2 aromatic carbocycles. The number of alkyl carbamates (subject to hydrolysis) is 1. The minimum atomic E-state index is -1.29. The van der Waals surface area contributed by atoms with Crippen LogP contribution in [-0.4, -0.2) is 85.4 Å². The van der Waals surface area contributed by atoms with Crippen LogP contribution in [-0.2, 0) is 49.4 Å². The molecule has 4 rings (SSSR count). The molecule has 0 spiro atoms. The fourth-order valence-corrected chi connectivity index (χ4v) is 4.95. The summed E-state index contributed by atoms with van der Waals surface area (Å²) in [6, 6.07) is 16.3. The van der Waals surface area contributed by atoms with Gasteiger partial charge in [-0.3, -0.25) is 4.79 Å². The number of ether oxygens (including phenoxy) is 6. The fourth-order valence-electron chi connectivity index (χ4n) is 4.95. The van der Waals surface area contributed by atoms with Crippen LogP contribution in [0.5, 0.6) is 0 Å². The SMILES string of the molecule is CCOC(=O)N[C@H]1[C@@H](OCc2ccccc2)O[C@@H]2COC(c3ccccc3)O[C@H]2[C@@H]1O[C@H](C)C(=O)N[C@@H](CCC=O)C(=O)O. The molecule has 0 bridgehead atoms. The summed E-state index contributed by atoms with van der Waals surface area (Å²) < 4.78 is 36.1. The number of carboxylic acid groups (broad SMARTS) is 1. The Morgan fingerprint density at radius 2 is 1.77 bits per heavy atom. The van der Waals surface area contributed by atoms with Crippen molar-refractivity contribution in [3.05, 3.63) is 71.8 Å². The Hall–Kier alpha value is -3.88. The van der Waals surface area contributed by atoms with Crippen molar-refractivity contribution in [3.8, 4) is 0 Å². The van der Waals surface area contributed by atoms with Gasteiger partial charge in [0.05, 0.1) is 19.8 Å². The molecule has 238 valence electrons. The van der Waals surface area contributed by atoms with Crippen molar-refractivity contribution in [1.82, 2.24) is 10.6 Å². The molecule has 13 nitrogen and oxygen atoms in total. The van der Waals surface area contributed by atoms with Gasteiger partial charge < -0.3 is 49.0 Å². The highest BCUT2D eigenvalue weighted by molar-refractivity contribution is 5.86. The molecule has 1 unspecified atom stereocenters. The molecule has 8 atom stereocenters. The van der Waals surface area contributed by atoms with Gasteiger partial charge in [0, 0.05) is 12.0 Å². The van der Waals surface area contributed by atoms with E-state index in [1.807, 2.05) is 60.7 Å². The van der Waals surface area contributed by atoms with Gasteiger partial charge in [0.2, 0.25) is 5.91 Å². The number of aliphatic carboxylic acids is 1. The monoisotopic (exact) mass is 614 g/mol. The molecule has 13 heteroatoms. The number of carbonyl (C=O) groups excluding carboxylic acids is 3. The number of rotatable bonds is 14. The third-order valence-corrected chi connectivity index (χ3v) is 7.15. The Morgan fingerprint density at radius 3 is 2.43 bits per heavy atom. The molecular formula is C31H38N2O11. The van der Waals surface area contributed by atoms with Crippen LogP contribution in [0.4, 0.5) is 4.79 Å². The van der Waals surface area contributed by atoms with E-state index >= 15 is 0 Å². The van der Waals surface area contributed by atoms with E-state index in [9.17, 15) is 24.3 Å². The van der Waals surface area contributed by atoms with Crippen LogP contribution >= 0.6 is 0 Å². The molecule has 44 heavy (non-hydrogen) atoms. The summed E-state index contributed by atoms with van der Waals surface area (Å²) in [7, 11) is 0. The number of hydrogen-bond donors (Lipinski definition) is 3. The molecule has 0 aromatic heterocycles. The predicted octanol–water partition coefficient (Wildman–Crippen LogP) is 2.48. The second-order valence-electron chi connectivity index (χ2n) is 10.3. The maximum absolute atomic E-state index is 13.1. The van der Waals surface area contributed by atoms with Crippen molar-refractivity contribution in [2.45, 2.75) is 82.4 Å². The minimum Gasteiger partial charge on any atom is -0.480 e. The van der Waals surface area contributed by atoms with E-state index in [4.69, 9.17) is 28.4 Å². The Labute approximate surface area is 255 Å². The van der Waals surface area contributed by atoms with Crippen molar-refractivity contribution >= 4 is 24.3 Å². The Bertz CT molecular complexity index is 1230. The fraction of sp³-hybridized carbons (Fsp3) is 0.484. The normalized spacial score (nSPS) is 26.0. The Balaban J connectivity index is 1.61. The summed E-state index contributed by atoms with van der Waals surface area (Å²) in [6.07, 6.45) is -5.97. The molecule has 2 amide bonds. The first kappa shape index (κ1) is 33.0. The number of amides is 2. The first-order chi connectivity index (χ1) is 21.3. The lowest BCUT2D eigenvalue weighted by atomic mass is 9.95. The first-order valence-corrected chi connectivity index (χ1v) is 14.5. The highest BCUT2D eigenvalue weighted by Gasteiger charge is 2.52. The van der Waals surface area contributed by atoms with Gasteiger partial charge >= 0.3 is 12.1 Å². The molecule has 2 saturated heterocycles. The van der Waals surface area contributed by atoms with Gasteiger partial charge in [0.15, 0.2) is 12.6 Å². The lowest BCUT2D eigenvalue weighted by molar-refractivity contribution is -0.351. The van der Waals surface area contributed by atoms with Gasteiger partial charge in [0.1, 0.15) is 42.8 Å². The standard InChI is InChI=1S/C31H38N2O11/c1-3-39-31(38)33-24-26(42-19(2)27(35)32-22(28(36)37)15-10-16-34)25-23(18-41-29(44-25)21-13-8-5-9-14-21)43-30(24)40-17-20-11-6-4-7-12-20/h4-9,11-14,16,19,22-26,29-30H,3,10,15,17-18H2,1-2H3,(H,32,35)(H,33,38)(H,36,37)/t19-,22+,23-,24-,25-,26-,29?,30+/m1/s1. The van der Waals surface area contributed by atoms with E-state index in [0.29, 0.717) is 6.29 Å². The number of aldehydes is 1. The van der Waals surface area contributed by atoms with Crippen molar-refractivity contribution in [1.29, 1.82) is 0 Å². The third kappa shape index (κ3) is 8.83. The maximum Gasteiger partial charge on any atom is 0.407 e. The van der Waals surface area contributed by atoms with Crippen LogP contribution in [0.1, 0.15) is 44.1 Å². The van der Waals surface area contributed by atoms with Crippen LogP contribution in [0, 0.1) is 0 Å². The molecule has 2 aromatic rings. The molecule has 2 heterocycles. The minimum absolute atomic E-state index is 0.0448. The second kappa shape index (κ2) is 16.3. The summed E-state index contributed by atoms with van der Waals surface area (Å²) in [5.41, 5.74) is 1.60. The van der Waals surface area contributed by atoms with Crippen LogP contribution in [0.2, 0.25) is 0 Å². The molecule has 2 aliphatic rings. The van der Waals surface area contributed by atoms with Crippen molar-refractivity contribution < 1.29 is 52.7 Å².